The van der Waals surface area contributed by atoms with Gasteiger partial charge in [0.15, 0.2) is 18.1 Å². The van der Waals surface area contributed by atoms with Gasteiger partial charge in [0.1, 0.15) is 5.82 Å². The molecule has 4 N–H and O–H groups in total. The van der Waals surface area contributed by atoms with Crippen molar-refractivity contribution >= 4 is 11.9 Å². The molecule has 0 spiro atoms. The van der Waals surface area contributed by atoms with Crippen LogP contribution in [0.1, 0.15) is 5.82 Å². The average Bonchev–Trinajstić information content (AvgIpc) is 2.91. The van der Waals surface area contributed by atoms with Crippen molar-refractivity contribution in [3.05, 3.63) is 30.1 Å². The van der Waals surface area contributed by atoms with Crippen LogP contribution in [0.3, 0.4) is 0 Å². The Balaban J connectivity index is 1.72. The number of hydrogen-bond donors (Lipinski definition) is 3. The largest absolute Gasteiger partial charge is 0.493 e. The van der Waals surface area contributed by atoms with Gasteiger partial charge >= 0.3 is 0 Å². The molecular formula is C13H17N5O3. The SMILES string of the molecule is COc1ccccc1OCC(=O)NCCc1nc(N)n[nH]1. The number of amides is 1. The number of nitrogens with zero attached hydrogens (tertiary/aromatic N) is 2. The first-order chi connectivity index (χ1) is 10.2. The van der Waals surface area contributed by atoms with E-state index in [1.54, 1.807) is 19.2 Å². The van der Waals surface area contributed by atoms with Crippen LogP contribution in [0, 0.1) is 0 Å². The first-order valence-electron chi connectivity index (χ1n) is 6.38. The van der Waals surface area contributed by atoms with E-state index in [0.717, 1.165) is 0 Å². The van der Waals surface area contributed by atoms with Crippen molar-refractivity contribution in [1.29, 1.82) is 0 Å². The van der Waals surface area contributed by atoms with E-state index in [1.165, 1.54) is 0 Å². The van der Waals surface area contributed by atoms with Crippen molar-refractivity contribution in [3.8, 4) is 11.5 Å². The van der Waals surface area contributed by atoms with Gasteiger partial charge in [-0.15, -0.1) is 5.10 Å². The summed E-state index contributed by atoms with van der Waals surface area (Å²) in [6, 6.07) is 7.14. The normalized spacial score (nSPS) is 10.1. The Kier molecular flexibility index (Phi) is 4.97. The highest BCUT2D eigenvalue weighted by atomic mass is 16.5. The number of carbonyl (C=O) groups excluding carboxylic acids is 1. The topological polar surface area (TPSA) is 115 Å². The third kappa shape index (κ3) is 4.37. The van der Waals surface area contributed by atoms with Crippen LogP contribution in [0.15, 0.2) is 24.3 Å². The van der Waals surface area contributed by atoms with E-state index in [4.69, 9.17) is 15.2 Å². The molecule has 0 aliphatic rings. The maximum absolute atomic E-state index is 11.7. The Hall–Kier alpha value is -2.77. The molecule has 0 radical (unpaired) electrons. The summed E-state index contributed by atoms with van der Waals surface area (Å²) < 4.78 is 10.5. The Morgan fingerprint density at radius 1 is 1.38 bits per heavy atom. The van der Waals surface area contributed by atoms with Gasteiger partial charge in [-0.05, 0) is 12.1 Å². The lowest BCUT2D eigenvalue weighted by atomic mass is 10.3. The molecule has 1 amide bonds. The Labute approximate surface area is 121 Å². The lowest BCUT2D eigenvalue weighted by molar-refractivity contribution is -0.123. The van der Waals surface area contributed by atoms with Crippen molar-refractivity contribution in [2.75, 3.05) is 26.0 Å². The van der Waals surface area contributed by atoms with Gasteiger partial charge in [0, 0.05) is 13.0 Å². The van der Waals surface area contributed by atoms with Gasteiger partial charge in [-0.3, -0.25) is 9.89 Å². The smallest absolute Gasteiger partial charge is 0.257 e. The van der Waals surface area contributed by atoms with E-state index >= 15 is 0 Å². The summed E-state index contributed by atoms with van der Waals surface area (Å²) in [5, 5.41) is 9.08. The summed E-state index contributed by atoms with van der Waals surface area (Å²) in [5.41, 5.74) is 5.38. The fourth-order valence-corrected chi connectivity index (χ4v) is 1.67. The second-order valence-corrected chi connectivity index (χ2v) is 4.18. The maximum Gasteiger partial charge on any atom is 0.257 e. The Bertz CT molecular complexity index is 599. The molecule has 2 rings (SSSR count). The molecule has 8 heteroatoms. The fraction of sp³-hybridized carbons (Fsp3) is 0.308. The van der Waals surface area contributed by atoms with Gasteiger partial charge < -0.3 is 20.5 Å². The molecule has 1 aromatic carbocycles. The molecule has 0 saturated heterocycles. The minimum atomic E-state index is -0.228. The first kappa shape index (κ1) is 14.6. The minimum Gasteiger partial charge on any atom is -0.493 e. The third-order valence-electron chi connectivity index (χ3n) is 2.66. The van der Waals surface area contributed by atoms with Crippen LogP contribution in [0.2, 0.25) is 0 Å². The molecule has 0 atom stereocenters. The van der Waals surface area contributed by atoms with Crippen molar-refractivity contribution < 1.29 is 14.3 Å². The summed E-state index contributed by atoms with van der Waals surface area (Å²) in [7, 11) is 1.55. The Morgan fingerprint density at radius 2 is 2.14 bits per heavy atom. The molecule has 1 heterocycles. The molecule has 8 nitrogen and oxygen atoms in total. The van der Waals surface area contributed by atoms with Crippen molar-refractivity contribution in [1.82, 2.24) is 20.5 Å². The third-order valence-corrected chi connectivity index (χ3v) is 2.66. The van der Waals surface area contributed by atoms with E-state index in [0.29, 0.717) is 30.3 Å². The van der Waals surface area contributed by atoms with Gasteiger partial charge in [0.05, 0.1) is 7.11 Å². The van der Waals surface area contributed by atoms with Gasteiger partial charge in [-0.25, -0.2) is 0 Å². The standard InChI is InChI=1S/C13H17N5O3/c1-20-9-4-2-3-5-10(9)21-8-12(19)15-7-6-11-16-13(14)18-17-11/h2-5H,6-8H2,1H3,(H,15,19)(H3,14,16,17,18). The van der Waals surface area contributed by atoms with E-state index in [1.807, 2.05) is 12.1 Å². The monoisotopic (exact) mass is 291 g/mol. The van der Waals surface area contributed by atoms with Crippen molar-refractivity contribution in [3.63, 3.8) is 0 Å². The summed E-state index contributed by atoms with van der Waals surface area (Å²) in [4.78, 5) is 15.6. The number of para-hydroxylation sites is 2. The van der Waals surface area contributed by atoms with Crippen LogP contribution < -0.4 is 20.5 Å². The Morgan fingerprint density at radius 3 is 2.81 bits per heavy atom. The number of nitrogen functional groups attached to an aromatic ring is 1. The zero-order chi connectivity index (χ0) is 15.1. The van der Waals surface area contributed by atoms with Crippen LogP contribution in [-0.4, -0.2) is 41.3 Å². The van der Waals surface area contributed by atoms with Crippen molar-refractivity contribution in [2.45, 2.75) is 6.42 Å². The number of benzene rings is 1. The predicted molar refractivity (Wildman–Crippen MR) is 76.0 cm³/mol. The number of aromatic nitrogens is 3. The summed E-state index contributed by atoms with van der Waals surface area (Å²) >= 11 is 0. The van der Waals surface area contributed by atoms with Crippen LogP contribution in [0.4, 0.5) is 5.95 Å². The maximum atomic E-state index is 11.7. The highest BCUT2D eigenvalue weighted by molar-refractivity contribution is 5.77. The van der Waals surface area contributed by atoms with Crippen molar-refractivity contribution in [2.24, 2.45) is 0 Å². The molecule has 0 saturated carbocycles. The second-order valence-electron chi connectivity index (χ2n) is 4.18. The number of anilines is 1. The number of aromatic amines is 1. The molecule has 0 bridgehead atoms. The molecular weight excluding hydrogens is 274 g/mol. The van der Waals surface area contributed by atoms with Gasteiger partial charge in [0.25, 0.3) is 5.91 Å². The number of nitrogens with two attached hydrogens (primary N) is 1. The number of nitrogens with one attached hydrogen (secondary N) is 2. The zero-order valence-electron chi connectivity index (χ0n) is 11.6. The fourth-order valence-electron chi connectivity index (χ4n) is 1.67. The van der Waals surface area contributed by atoms with E-state index < -0.39 is 0 Å². The van der Waals surface area contributed by atoms with Crippen LogP contribution >= 0.6 is 0 Å². The average molecular weight is 291 g/mol. The molecule has 2 aromatic rings. The molecule has 0 unspecified atom stereocenters. The highest BCUT2D eigenvalue weighted by Crippen LogP contribution is 2.25. The molecule has 112 valence electrons. The molecule has 1 aromatic heterocycles. The van der Waals surface area contributed by atoms with E-state index in [2.05, 4.69) is 20.5 Å². The van der Waals surface area contributed by atoms with Crippen LogP contribution in [0.5, 0.6) is 11.5 Å². The predicted octanol–water partition coefficient (Wildman–Crippen LogP) is 0.133. The number of rotatable bonds is 7. The minimum absolute atomic E-state index is 0.0844. The summed E-state index contributed by atoms with van der Waals surface area (Å²) in [6.07, 6.45) is 0.518. The second kappa shape index (κ2) is 7.13. The summed E-state index contributed by atoms with van der Waals surface area (Å²) in [5.74, 6) is 1.70. The van der Waals surface area contributed by atoms with Gasteiger partial charge in [-0.1, -0.05) is 12.1 Å². The number of H-pyrrole nitrogens is 1. The van der Waals surface area contributed by atoms with E-state index in [9.17, 15) is 4.79 Å². The number of ether oxygens (including phenoxy) is 2. The first-order valence-corrected chi connectivity index (χ1v) is 6.38. The summed E-state index contributed by atoms with van der Waals surface area (Å²) in [6.45, 7) is 0.335. The zero-order valence-corrected chi connectivity index (χ0v) is 11.6. The van der Waals surface area contributed by atoms with Crippen LogP contribution in [-0.2, 0) is 11.2 Å². The quantitative estimate of drug-likeness (QED) is 0.668. The van der Waals surface area contributed by atoms with E-state index in [-0.39, 0.29) is 18.5 Å². The number of methoxy groups -OCH3 is 1. The lowest BCUT2D eigenvalue weighted by Gasteiger charge is -2.10. The molecule has 0 fully saturated rings. The number of hydrogen-bond acceptors (Lipinski definition) is 6. The lowest BCUT2D eigenvalue weighted by Crippen LogP contribution is -2.30. The highest BCUT2D eigenvalue weighted by Gasteiger charge is 2.07. The van der Waals surface area contributed by atoms with Crippen LogP contribution in [0.25, 0.3) is 0 Å². The number of carbonyl (C=O) groups is 1. The van der Waals surface area contributed by atoms with Gasteiger partial charge in [-0.2, -0.15) is 4.98 Å². The molecule has 0 aliphatic heterocycles. The molecule has 21 heavy (non-hydrogen) atoms. The molecule has 0 aliphatic carbocycles. The van der Waals surface area contributed by atoms with Gasteiger partial charge in [0.2, 0.25) is 5.95 Å².